The van der Waals surface area contributed by atoms with Crippen LogP contribution in [0.4, 0.5) is 5.69 Å². The largest absolute Gasteiger partial charge is 0.399 e. The van der Waals surface area contributed by atoms with Gasteiger partial charge in [-0.15, -0.1) is 0 Å². The molecule has 1 aliphatic heterocycles. The zero-order valence-electron chi connectivity index (χ0n) is 11.7. The van der Waals surface area contributed by atoms with E-state index in [1.165, 1.54) is 12.1 Å². The van der Waals surface area contributed by atoms with E-state index >= 15 is 0 Å². The van der Waals surface area contributed by atoms with Crippen LogP contribution >= 0.6 is 15.9 Å². The second kappa shape index (κ2) is 6.33. The Morgan fingerprint density at radius 3 is 2.76 bits per heavy atom. The summed E-state index contributed by atoms with van der Waals surface area (Å²) in [6.45, 7) is 2.81. The highest BCUT2D eigenvalue weighted by molar-refractivity contribution is 9.10. The number of amides is 1. The summed E-state index contributed by atoms with van der Waals surface area (Å²) < 4.78 is 27.7. The summed E-state index contributed by atoms with van der Waals surface area (Å²) in [7, 11) is -3.66. The molecule has 1 aromatic rings. The Morgan fingerprint density at radius 2 is 2.19 bits per heavy atom. The number of nitrogen functional groups attached to an aromatic ring is 1. The summed E-state index contributed by atoms with van der Waals surface area (Å²) in [5.74, 6) is 0.0784. The van der Waals surface area contributed by atoms with E-state index in [4.69, 9.17) is 5.73 Å². The maximum Gasteiger partial charge on any atom is 0.241 e. The van der Waals surface area contributed by atoms with Gasteiger partial charge < -0.3 is 10.6 Å². The average molecular weight is 376 g/mol. The number of anilines is 1. The second-order valence-corrected chi connectivity index (χ2v) is 7.69. The number of rotatable bonds is 5. The number of carbonyl (C=O) groups is 1. The monoisotopic (exact) mass is 375 g/mol. The van der Waals surface area contributed by atoms with Crippen molar-refractivity contribution in [2.45, 2.75) is 30.7 Å². The molecule has 1 aliphatic rings. The lowest BCUT2D eigenvalue weighted by atomic mass is 10.3. The van der Waals surface area contributed by atoms with Crippen molar-refractivity contribution in [2.24, 2.45) is 0 Å². The summed E-state index contributed by atoms with van der Waals surface area (Å²) in [5.41, 5.74) is 6.09. The summed E-state index contributed by atoms with van der Waals surface area (Å²) in [5, 5.41) is 0. The van der Waals surface area contributed by atoms with Crippen LogP contribution in [0.5, 0.6) is 0 Å². The predicted molar refractivity (Wildman–Crippen MR) is 84.2 cm³/mol. The Morgan fingerprint density at radius 1 is 1.48 bits per heavy atom. The van der Waals surface area contributed by atoms with Crippen LogP contribution in [0.2, 0.25) is 0 Å². The number of likely N-dealkylation sites (tertiary alicyclic amines) is 1. The molecule has 0 saturated carbocycles. The van der Waals surface area contributed by atoms with E-state index in [-0.39, 0.29) is 16.8 Å². The molecule has 1 fully saturated rings. The van der Waals surface area contributed by atoms with Gasteiger partial charge in [0.1, 0.15) is 0 Å². The smallest absolute Gasteiger partial charge is 0.241 e. The minimum Gasteiger partial charge on any atom is -0.399 e. The SMILES string of the molecule is CC(CN1CCCC1=O)NS(=O)(=O)c1ccc(N)cc1Br. The van der Waals surface area contributed by atoms with Gasteiger partial charge >= 0.3 is 0 Å². The molecular weight excluding hydrogens is 358 g/mol. The zero-order valence-corrected chi connectivity index (χ0v) is 14.1. The van der Waals surface area contributed by atoms with Gasteiger partial charge in [-0.25, -0.2) is 13.1 Å². The fourth-order valence-electron chi connectivity index (χ4n) is 2.33. The van der Waals surface area contributed by atoms with Gasteiger partial charge in [-0.05, 0) is 47.5 Å². The normalized spacial score (nSPS) is 17.2. The van der Waals surface area contributed by atoms with Crippen molar-refractivity contribution in [3.05, 3.63) is 22.7 Å². The van der Waals surface area contributed by atoms with E-state index in [1.807, 2.05) is 0 Å². The van der Waals surface area contributed by atoms with E-state index in [9.17, 15) is 13.2 Å². The second-order valence-electron chi connectivity index (χ2n) is 5.16. The van der Waals surface area contributed by atoms with Gasteiger partial charge in [0.25, 0.3) is 0 Å². The maximum atomic E-state index is 12.3. The van der Waals surface area contributed by atoms with Crippen LogP contribution in [0.25, 0.3) is 0 Å². The van der Waals surface area contributed by atoms with Gasteiger partial charge in [0.05, 0.1) is 4.90 Å². The van der Waals surface area contributed by atoms with Crippen LogP contribution in [-0.4, -0.2) is 38.4 Å². The van der Waals surface area contributed by atoms with Crippen LogP contribution in [-0.2, 0) is 14.8 Å². The molecule has 6 nitrogen and oxygen atoms in total. The quantitative estimate of drug-likeness (QED) is 0.759. The van der Waals surface area contributed by atoms with Crippen molar-refractivity contribution in [1.82, 2.24) is 9.62 Å². The standard InChI is InChI=1S/C13H18BrN3O3S/c1-9(8-17-6-2-3-13(17)18)16-21(19,20)12-5-4-10(15)7-11(12)14/h4-5,7,9,16H,2-3,6,8,15H2,1H3. The molecule has 2 rings (SSSR count). The molecular formula is C13H18BrN3O3S. The molecule has 0 aromatic heterocycles. The Bertz CT molecular complexity index is 648. The lowest BCUT2D eigenvalue weighted by Gasteiger charge is -2.21. The number of nitrogens with zero attached hydrogens (tertiary/aromatic N) is 1. The Balaban J connectivity index is 2.08. The fourth-order valence-corrected chi connectivity index (χ4v) is 4.66. The van der Waals surface area contributed by atoms with Crippen LogP contribution in [0.3, 0.4) is 0 Å². The van der Waals surface area contributed by atoms with E-state index in [0.29, 0.717) is 29.7 Å². The minimum atomic E-state index is -3.66. The maximum absolute atomic E-state index is 12.3. The van der Waals surface area contributed by atoms with Crippen LogP contribution in [0.1, 0.15) is 19.8 Å². The molecule has 1 saturated heterocycles. The van der Waals surface area contributed by atoms with Gasteiger partial charge in [-0.2, -0.15) is 0 Å². The Labute approximate surface area is 132 Å². The minimum absolute atomic E-state index is 0.0784. The number of nitrogens with one attached hydrogen (secondary N) is 1. The van der Waals surface area contributed by atoms with E-state index in [2.05, 4.69) is 20.7 Å². The number of benzene rings is 1. The Kier molecular flexibility index (Phi) is 4.90. The first-order valence-electron chi connectivity index (χ1n) is 6.65. The summed E-state index contributed by atoms with van der Waals surface area (Å²) >= 11 is 3.21. The number of carbonyl (C=O) groups excluding carboxylic acids is 1. The fraction of sp³-hybridized carbons (Fsp3) is 0.462. The molecule has 1 heterocycles. The topological polar surface area (TPSA) is 92.5 Å². The van der Waals surface area contributed by atoms with Crippen molar-refractivity contribution < 1.29 is 13.2 Å². The van der Waals surface area contributed by atoms with Gasteiger partial charge in [0.2, 0.25) is 15.9 Å². The zero-order chi connectivity index (χ0) is 15.6. The molecule has 1 atom stereocenters. The average Bonchev–Trinajstić information content (AvgIpc) is 2.73. The van der Waals surface area contributed by atoms with Crippen molar-refractivity contribution >= 4 is 37.5 Å². The molecule has 0 spiro atoms. The molecule has 3 N–H and O–H groups in total. The van der Waals surface area contributed by atoms with Gasteiger partial charge in [-0.3, -0.25) is 4.79 Å². The van der Waals surface area contributed by atoms with E-state index in [0.717, 1.165) is 6.42 Å². The number of nitrogens with two attached hydrogens (primary N) is 1. The number of hydrogen-bond acceptors (Lipinski definition) is 4. The third-order valence-electron chi connectivity index (χ3n) is 3.27. The first-order valence-corrected chi connectivity index (χ1v) is 8.92. The van der Waals surface area contributed by atoms with Crippen molar-refractivity contribution in [3.8, 4) is 0 Å². The van der Waals surface area contributed by atoms with Crippen LogP contribution in [0.15, 0.2) is 27.6 Å². The van der Waals surface area contributed by atoms with Crippen molar-refractivity contribution in [2.75, 3.05) is 18.8 Å². The highest BCUT2D eigenvalue weighted by Gasteiger charge is 2.25. The third kappa shape index (κ3) is 3.96. The predicted octanol–water partition coefficient (Wildman–Crippen LogP) is 1.32. The lowest BCUT2D eigenvalue weighted by molar-refractivity contribution is -0.127. The van der Waals surface area contributed by atoms with Crippen molar-refractivity contribution in [1.29, 1.82) is 0 Å². The number of sulfonamides is 1. The highest BCUT2D eigenvalue weighted by Crippen LogP contribution is 2.24. The van der Waals surface area contributed by atoms with Crippen LogP contribution in [0, 0.1) is 0 Å². The van der Waals surface area contributed by atoms with Crippen LogP contribution < -0.4 is 10.5 Å². The third-order valence-corrected chi connectivity index (χ3v) is 5.83. The summed E-state index contributed by atoms with van der Waals surface area (Å²) in [4.78, 5) is 13.4. The summed E-state index contributed by atoms with van der Waals surface area (Å²) in [6.07, 6.45) is 1.38. The molecule has 116 valence electrons. The van der Waals surface area contributed by atoms with E-state index in [1.54, 1.807) is 17.9 Å². The molecule has 1 aromatic carbocycles. The van der Waals surface area contributed by atoms with Gasteiger partial charge in [0.15, 0.2) is 0 Å². The molecule has 8 heteroatoms. The first-order chi connectivity index (χ1) is 9.79. The lowest BCUT2D eigenvalue weighted by Crippen LogP contribution is -2.42. The summed E-state index contributed by atoms with van der Waals surface area (Å²) in [6, 6.07) is 4.17. The molecule has 1 unspecified atom stereocenters. The highest BCUT2D eigenvalue weighted by atomic mass is 79.9. The van der Waals surface area contributed by atoms with Gasteiger partial charge in [0, 0.05) is 35.7 Å². The van der Waals surface area contributed by atoms with E-state index < -0.39 is 10.0 Å². The number of halogens is 1. The Hall–Kier alpha value is -1.12. The van der Waals surface area contributed by atoms with Gasteiger partial charge in [-0.1, -0.05) is 0 Å². The molecule has 0 aliphatic carbocycles. The first kappa shape index (κ1) is 16.3. The molecule has 1 amide bonds. The molecule has 0 bridgehead atoms. The van der Waals surface area contributed by atoms with Crippen molar-refractivity contribution in [3.63, 3.8) is 0 Å². The molecule has 21 heavy (non-hydrogen) atoms. The molecule has 0 radical (unpaired) electrons. The number of hydrogen-bond donors (Lipinski definition) is 2.